The average molecular weight is 281 g/mol. The van der Waals surface area contributed by atoms with Crippen LogP contribution in [-0.4, -0.2) is 24.1 Å². The summed E-state index contributed by atoms with van der Waals surface area (Å²) in [7, 11) is -3.88. The van der Waals surface area contributed by atoms with Gasteiger partial charge in [0.25, 0.3) is 3.67 Å². The summed E-state index contributed by atoms with van der Waals surface area (Å²) in [4.78, 5) is 11.8. The van der Waals surface area contributed by atoms with Crippen LogP contribution in [0.15, 0.2) is 24.3 Å². The van der Waals surface area contributed by atoms with E-state index >= 15 is 0 Å². The number of alkyl halides is 2. The number of sulfone groups is 1. The summed E-state index contributed by atoms with van der Waals surface area (Å²) >= 11 is 11.1. The fraction of sp³-hybridized carbons (Fsp3) is 0.300. The quantitative estimate of drug-likeness (QED) is 0.631. The highest BCUT2D eigenvalue weighted by Crippen LogP contribution is 2.31. The first-order valence-corrected chi connectivity index (χ1v) is 7.00. The maximum atomic E-state index is 11.8. The molecule has 0 aliphatic rings. The van der Waals surface area contributed by atoms with Gasteiger partial charge in [0.05, 0.1) is 0 Å². The predicted molar refractivity (Wildman–Crippen MR) is 64.8 cm³/mol. The van der Waals surface area contributed by atoms with Crippen LogP contribution in [0.1, 0.15) is 15.9 Å². The molecule has 0 fully saturated rings. The van der Waals surface area contributed by atoms with Crippen molar-refractivity contribution in [3.05, 3.63) is 35.4 Å². The lowest BCUT2D eigenvalue weighted by Crippen LogP contribution is -2.34. The van der Waals surface area contributed by atoms with Gasteiger partial charge in [-0.2, -0.15) is 0 Å². The van der Waals surface area contributed by atoms with Crippen molar-refractivity contribution in [2.75, 3.05) is 6.26 Å². The number of rotatable bonds is 3. The number of aryl methyl sites for hydroxylation is 1. The largest absolute Gasteiger partial charge is 0.290 e. The van der Waals surface area contributed by atoms with Gasteiger partial charge < -0.3 is 0 Å². The number of carbonyl (C=O) groups is 1. The third kappa shape index (κ3) is 2.56. The summed E-state index contributed by atoms with van der Waals surface area (Å²) in [5.74, 6) is -0.835. The zero-order valence-electron chi connectivity index (χ0n) is 8.70. The normalized spacial score (nSPS) is 12.5. The number of halogens is 2. The Morgan fingerprint density at radius 1 is 1.19 bits per heavy atom. The van der Waals surface area contributed by atoms with Crippen LogP contribution in [0.5, 0.6) is 0 Å². The Balaban J connectivity index is 3.18. The molecule has 3 nitrogen and oxygen atoms in total. The molecule has 0 radical (unpaired) electrons. The Morgan fingerprint density at radius 2 is 1.62 bits per heavy atom. The van der Waals surface area contributed by atoms with Crippen LogP contribution in [0, 0.1) is 6.92 Å². The molecule has 0 unspecified atom stereocenters. The van der Waals surface area contributed by atoms with Gasteiger partial charge in [-0.25, -0.2) is 8.42 Å². The highest BCUT2D eigenvalue weighted by molar-refractivity contribution is 7.95. The highest BCUT2D eigenvalue weighted by Gasteiger charge is 2.44. The molecule has 1 aromatic rings. The van der Waals surface area contributed by atoms with E-state index in [1.807, 2.05) is 6.92 Å². The molecule has 0 amide bonds. The molecule has 0 spiro atoms. The van der Waals surface area contributed by atoms with Crippen molar-refractivity contribution < 1.29 is 13.2 Å². The van der Waals surface area contributed by atoms with Crippen molar-refractivity contribution in [2.45, 2.75) is 10.6 Å². The van der Waals surface area contributed by atoms with Gasteiger partial charge in [0.2, 0.25) is 5.78 Å². The molecule has 16 heavy (non-hydrogen) atoms. The van der Waals surface area contributed by atoms with Crippen LogP contribution in [0.3, 0.4) is 0 Å². The summed E-state index contributed by atoms with van der Waals surface area (Å²) in [6.07, 6.45) is 0.819. The van der Waals surface area contributed by atoms with E-state index in [1.54, 1.807) is 12.1 Å². The number of benzene rings is 1. The molecule has 88 valence electrons. The average Bonchev–Trinajstić information content (AvgIpc) is 2.16. The van der Waals surface area contributed by atoms with Gasteiger partial charge in [-0.05, 0) is 6.92 Å². The number of hydrogen-bond acceptors (Lipinski definition) is 3. The second-order valence-corrected chi connectivity index (χ2v) is 7.42. The summed E-state index contributed by atoms with van der Waals surface area (Å²) in [6, 6.07) is 6.34. The monoisotopic (exact) mass is 280 g/mol. The second kappa shape index (κ2) is 4.35. The summed E-state index contributed by atoms with van der Waals surface area (Å²) in [5.41, 5.74) is 1.12. The van der Waals surface area contributed by atoms with Crippen LogP contribution in [0.25, 0.3) is 0 Å². The lowest BCUT2D eigenvalue weighted by molar-refractivity contribution is 0.0996. The molecule has 0 saturated heterocycles. The molecule has 0 atom stereocenters. The number of hydrogen-bond donors (Lipinski definition) is 0. The van der Waals surface area contributed by atoms with Crippen LogP contribution < -0.4 is 0 Å². The van der Waals surface area contributed by atoms with Crippen LogP contribution >= 0.6 is 23.2 Å². The maximum absolute atomic E-state index is 11.8. The zero-order valence-corrected chi connectivity index (χ0v) is 11.0. The third-order valence-electron chi connectivity index (χ3n) is 2.04. The lowest BCUT2D eigenvalue weighted by Gasteiger charge is -2.15. The molecular weight excluding hydrogens is 271 g/mol. The smallest absolute Gasteiger partial charge is 0.280 e. The minimum absolute atomic E-state index is 0.168. The van der Waals surface area contributed by atoms with E-state index in [0.29, 0.717) is 0 Å². The molecule has 1 aromatic carbocycles. The van der Waals surface area contributed by atoms with Gasteiger partial charge in [-0.15, -0.1) is 0 Å². The van der Waals surface area contributed by atoms with Crippen molar-refractivity contribution >= 4 is 38.8 Å². The Morgan fingerprint density at radius 3 is 2.00 bits per heavy atom. The Kier molecular flexibility index (Phi) is 3.67. The lowest BCUT2D eigenvalue weighted by atomic mass is 10.1. The van der Waals surface area contributed by atoms with Crippen LogP contribution in [0.2, 0.25) is 0 Å². The van der Waals surface area contributed by atoms with Gasteiger partial charge in [0, 0.05) is 11.8 Å². The zero-order chi connectivity index (χ0) is 12.6. The molecule has 0 aliphatic heterocycles. The number of ketones is 1. The second-order valence-electron chi connectivity index (χ2n) is 3.48. The van der Waals surface area contributed by atoms with Crippen molar-refractivity contribution in [3.8, 4) is 0 Å². The van der Waals surface area contributed by atoms with E-state index in [-0.39, 0.29) is 5.56 Å². The SMILES string of the molecule is Cc1ccc(C(=O)C(Cl)(Cl)S(C)(=O)=O)cc1. The van der Waals surface area contributed by atoms with Crippen molar-refractivity contribution in [1.82, 2.24) is 0 Å². The van der Waals surface area contributed by atoms with Gasteiger partial charge in [0.1, 0.15) is 0 Å². The number of carbonyl (C=O) groups excluding carboxylic acids is 1. The molecule has 1 rings (SSSR count). The standard InChI is InChI=1S/C10H10Cl2O3S/c1-7-3-5-8(6-4-7)9(13)10(11,12)16(2,14)15/h3-6H,1-2H3. The predicted octanol–water partition coefficient (Wildman–Crippen LogP) is 2.35. The van der Waals surface area contributed by atoms with Crippen LogP contribution in [0.4, 0.5) is 0 Å². The van der Waals surface area contributed by atoms with E-state index in [9.17, 15) is 13.2 Å². The molecule has 0 N–H and O–H groups in total. The Bertz CT molecular complexity index is 503. The van der Waals surface area contributed by atoms with E-state index < -0.39 is 19.3 Å². The highest BCUT2D eigenvalue weighted by atomic mass is 35.5. The molecule has 6 heteroatoms. The topological polar surface area (TPSA) is 51.2 Å². The number of Topliss-reactive ketones (excluding diaryl/α,β-unsaturated/α-hetero) is 1. The van der Waals surface area contributed by atoms with Crippen molar-refractivity contribution in [3.63, 3.8) is 0 Å². The molecule has 0 aromatic heterocycles. The summed E-state index contributed by atoms with van der Waals surface area (Å²) in [5, 5.41) is 0. The van der Waals surface area contributed by atoms with Gasteiger partial charge in [-0.1, -0.05) is 53.0 Å². The first-order chi connectivity index (χ1) is 7.16. The fourth-order valence-electron chi connectivity index (χ4n) is 1.04. The van der Waals surface area contributed by atoms with Crippen molar-refractivity contribution in [1.29, 1.82) is 0 Å². The maximum Gasteiger partial charge on any atom is 0.280 e. The molecular formula is C10H10Cl2O3S. The Labute approximate surface area is 104 Å². The summed E-state index contributed by atoms with van der Waals surface area (Å²) < 4.78 is 20.1. The minimum Gasteiger partial charge on any atom is -0.290 e. The first kappa shape index (κ1) is 13.5. The van der Waals surface area contributed by atoms with E-state index in [1.165, 1.54) is 12.1 Å². The molecule has 0 aliphatic carbocycles. The van der Waals surface area contributed by atoms with E-state index in [4.69, 9.17) is 23.2 Å². The van der Waals surface area contributed by atoms with Gasteiger partial charge in [0.15, 0.2) is 9.84 Å². The molecule has 0 saturated carbocycles. The Hall–Kier alpha value is -0.580. The fourth-order valence-corrected chi connectivity index (χ4v) is 1.71. The third-order valence-corrected chi connectivity index (χ3v) is 5.19. The van der Waals surface area contributed by atoms with E-state index in [0.717, 1.165) is 11.8 Å². The van der Waals surface area contributed by atoms with Crippen molar-refractivity contribution in [2.24, 2.45) is 0 Å². The van der Waals surface area contributed by atoms with Gasteiger partial charge in [-0.3, -0.25) is 4.79 Å². The molecule has 0 bridgehead atoms. The first-order valence-electron chi connectivity index (χ1n) is 4.35. The minimum atomic E-state index is -3.88. The summed E-state index contributed by atoms with van der Waals surface area (Å²) in [6.45, 7) is 1.85. The van der Waals surface area contributed by atoms with Crippen LogP contribution in [-0.2, 0) is 9.84 Å². The molecule has 0 heterocycles. The van der Waals surface area contributed by atoms with Gasteiger partial charge >= 0.3 is 0 Å². The van der Waals surface area contributed by atoms with E-state index in [2.05, 4.69) is 0 Å².